The third kappa shape index (κ3) is 4.00. The van der Waals surface area contributed by atoms with Gasteiger partial charge in [0.05, 0.1) is 6.54 Å². The predicted molar refractivity (Wildman–Crippen MR) is 110 cm³/mol. The number of aromatic nitrogens is 2. The number of ether oxygens (including phenoxy) is 1. The Balaban J connectivity index is 1.62. The Labute approximate surface area is 166 Å². The van der Waals surface area contributed by atoms with E-state index in [4.69, 9.17) is 4.74 Å². The number of thiophene rings is 1. The number of rotatable bonds is 5. The first-order valence-electron chi connectivity index (χ1n) is 8.70. The van der Waals surface area contributed by atoms with Crippen molar-refractivity contribution >= 4 is 28.1 Å². The molecule has 0 amide bonds. The van der Waals surface area contributed by atoms with Gasteiger partial charge in [-0.25, -0.2) is 9.97 Å². The molecule has 0 bridgehead atoms. The fourth-order valence-corrected chi connectivity index (χ4v) is 3.40. The van der Waals surface area contributed by atoms with Gasteiger partial charge in [-0.2, -0.15) is 0 Å². The Morgan fingerprint density at radius 1 is 1.18 bits per heavy atom. The maximum atomic E-state index is 9.51. The quantitative estimate of drug-likeness (QED) is 0.293. The van der Waals surface area contributed by atoms with Crippen molar-refractivity contribution < 1.29 is 9.94 Å². The lowest BCUT2D eigenvalue weighted by Crippen LogP contribution is -2.20. The van der Waals surface area contributed by atoms with Crippen LogP contribution in [-0.2, 0) is 6.54 Å². The molecule has 0 radical (unpaired) electrons. The van der Waals surface area contributed by atoms with E-state index in [0.717, 1.165) is 21.5 Å². The van der Waals surface area contributed by atoms with Crippen molar-refractivity contribution in [2.45, 2.75) is 13.5 Å². The smallest absolute Gasteiger partial charge is 0.220 e. The summed E-state index contributed by atoms with van der Waals surface area (Å²) in [5.74, 6) is 1.37. The minimum absolute atomic E-state index is 0.354. The maximum Gasteiger partial charge on any atom is 0.220 e. The Morgan fingerprint density at radius 3 is 2.93 bits per heavy atom. The van der Waals surface area contributed by atoms with Gasteiger partial charge in [-0.05, 0) is 36.6 Å². The van der Waals surface area contributed by atoms with Crippen LogP contribution >= 0.6 is 11.3 Å². The number of aliphatic imine (C=N–C) groups is 1. The lowest BCUT2D eigenvalue weighted by molar-refractivity contribution is 0.234. The number of hydrogen-bond donors (Lipinski definition) is 2. The lowest BCUT2D eigenvalue weighted by Gasteiger charge is -2.10. The Kier molecular flexibility index (Phi) is 5.27. The summed E-state index contributed by atoms with van der Waals surface area (Å²) in [5, 5.41) is 12.5. The number of hydroxylamine groups is 1. The number of aryl methyl sites for hydroxylation is 1. The zero-order valence-corrected chi connectivity index (χ0v) is 16.0. The van der Waals surface area contributed by atoms with E-state index in [-0.39, 0.29) is 0 Å². The van der Waals surface area contributed by atoms with Gasteiger partial charge in [-0.15, -0.1) is 11.3 Å². The van der Waals surface area contributed by atoms with Crippen LogP contribution in [0.15, 0.2) is 71.2 Å². The molecule has 0 fully saturated rings. The zero-order valence-electron chi connectivity index (χ0n) is 15.2. The average Bonchev–Trinajstić information content (AvgIpc) is 3.23. The number of para-hydroxylation sites is 1. The van der Waals surface area contributed by atoms with Gasteiger partial charge in [0, 0.05) is 33.8 Å². The van der Waals surface area contributed by atoms with Gasteiger partial charge < -0.3 is 4.74 Å². The third-order valence-corrected chi connectivity index (χ3v) is 4.99. The first-order valence-corrected chi connectivity index (χ1v) is 9.58. The standard InChI is InChI=1S/C21H18N4O2S/c1-14-7-8-15-4-2-6-18(20(15)24-14)27-19-12-16(9-10-22-19)21(25-26)23-13-17-5-3-11-28-17/h2-12,26H,13H2,1H3,(H,23,25). The number of benzene rings is 1. The van der Waals surface area contributed by atoms with Crippen LogP contribution in [0, 0.1) is 6.92 Å². The van der Waals surface area contributed by atoms with Gasteiger partial charge in [-0.1, -0.05) is 24.3 Å². The minimum Gasteiger partial charge on any atom is -0.437 e. The van der Waals surface area contributed by atoms with Crippen LogP contribution in [0.1, 0.15) is 16.1 Å². The van der Waals surface area contributed by atoms with Gasteiger partial charge in [0.25, 0.3) is 0 Å². The highest BCUT2D eigenvalue weighted by Crippen LogP contribution is 2.28. The molecule has 0 aliphatic carbocycles. The number of nitrogens with one attached hydrogen (secondary N) is 1. The van der Waals surface area contributed by atoms with Crippen LogP contribution in [-0.4, -0.2) is 21.0 Å². The van der Waals surface area contributed by atoms with Crippen LogP contribution < -0.4 is 10.2 Å². The third-order valence-electron chi connectivity index (χ3n) is 4.12. The van der Waals surface area contributed by atoms with Crippen molar-refractivity contribution in [1.29, 1.82) is 0 Å². The zero-order chi connectivity index (χ0) is 19.3. The summed E-state index contributed by atoms with van der Waals surface area (Å²) < 4.78 is 6.00. The van der Waals surface area contributed by atoms with Gasteiger partial charge in [-0.3, -0.25) is 15.7 Å². The molecule has 3 heterocycles. The first kappa shape index (κ1) is 18.1. The van der Waals surface area contributed by atoms with Crippen molar-refractivity contribution in [3.8, 4) is 11.6 Å². The Morgan fingerprint density at radius 2 is 2.11 bits per heavy atom. The average molecular weight is 390 g/mol. The number of hydrogen-bond acceptors (Lipinski definition) is 6. The van der Waals surface area contributed by atoms with Crippen LogP contribution in [0.2, 0.25) is 0 Å². The second-order valence-corrected chi connectivity index (χ2v) is 7.15. The molecule has 0 aliphatic rings. The van der Waals surface area contributed by atoms with Gasteiger partial charge in [0.2, 0.25) is 5.88 Å². The van der Waals surface area contributed by atoms with Gasteiger partial charge in [0.1, 0.15) is 5.52 Å². The molecule has 28 heavy (non-hydrogen) atoms. The van der Waals surface area contributed by atoms with Crippen molar-refractivity contribution in [2.75, 3.05) is 0 Å². The number of amidine groups is 1. The van der Waals surface area contributed by atoms with E-state index in [1.54, 1.807) is 29.7 Å². The predicted octanol–water partition coefficient (Wildman–Crippen LogP) is 4.72. The van der Waals surface area contributed by atoms with Crippen LogP contribution in [0.25, 0.3) is 10.9 Å². The highest BCUT2D eigenvalue weighted by Gasteiger charge is 2.09. The minimum atomic E-state index is 0.354. The molecule has 0 aliphatic heterocycles. The topological polar surface area (TPSA) is 79.6 Å². The van der Waals surface area contributed by atoms with E-state index >= 15 is 0 Å². The van der Waals surface area contributed by atoms with Crippen molar-refractivity contribution in [3.63, 3.8) is 0 Å². The van der Waals surface area contributed by atoms with E-state index in [1.807, 2.05) is 54.8 Å². The number of pyridine rings is 2. The molecule has 0 atom stereocenters. The number of fused-ring (bicyclic) bond motifs is 1. The summed E-state index contributed by atoms with van der Waals surface area (Å²) in [7, 11) is 0. The molecule has 4 aromatic rings. The second-order valence-electron chi connectivity index (χ2n) is 6.12. The molecule has 140 valence electrons. The van der Waals surface area contributed by atoms with Crippen molar-refractivity contribution in [2.24, 2.45) is 4.99 Å². The Hall–Kier alpha value is -3.29. The molecule has 0 spiro atoms. The summed E-state index contributed by atoms with van der Waals surface area (Å²) in [6, 6.07) is 17.2. The molecule has 0 saturated carbocycles. The normalized spacial score (nSPS) is 11.6. The lowest BCUT2D eigenvalue weighted by atomic mass is 10.2. The first-order chi connectivity index (χ1) is 13.7. The number of nitrogens with zero attached hydrogens (tertiary/aromatic N) is 3. The summed E-state index contributed by atoms with van der Waals surface area (Å²) in [5.41, 5.74) is 4.54. The van der Waals surface area contributed by atoms with E-state index in [0.29, 0.717) is 29.6 Å². The van der Waals surface area contributed by atoms with E-state index in [1.165, 1.54) is 0 Å². The second kappa shape index (κ2) is 8.16. The van der Waals surface area contributed by atoms with E-state index in [2.05, 4.69) is 20.4 Å². The molecule has 0 unspecified atom stereocenters. The van der Waals surface area contributed by atoms with Crippen LogP contribution in [0.4, 0.5) is 0 Å². The summed E-state index contributed by atoms with van der Waals surface area (Å²) in [6.45, 7) is 2.42. The largest absolute Gasteiger partial charge is 0.437 e. The van der Waals surface area contributed by atoms with Gasteiger partial charge >= 0.3 is 0 Å². The molecule has 6 nitrogen and oxygen atoms in total. The monoisotopic (exact) mass is 390 g/mol. The van der Waals surface area contributed by atoms with Crippen LogP contribution in [0.5, 0.6) is 11.6 Å². The Bertz CT molecular complexity index is 1130. The van der Waals surface area contributed by atoms with Gasteiger partial charge in [0.15, 0.2) is 11.6 Å². The van der Waals surface area contributed by atoms with E-state index in [9.17, 15) is 5.21 Å². The molecule has 0 saturated heterocycles. The fraction of sp³-hybridized carbons (Fsp3) is 0.0952. The van der Waals surface area contributed by atoms with E-state index < -0.39 is 0 Å². The highest BCUT2D eigenvalue weighted by atomic mass is 32.1. The molecular formula is C21H18N4O2S. The SMILES string of the molecule is Cc1ccc2cccc(Oc3cc(C(=NCc4cccs4)NO)ccn3)c2n1. The van der Waals surface area contributed by atoms with Crippen LogP contribution in [0.3, 0.4) is 0 Å². The summed E-state index contributed by atoms with van der Waals surface area (Å²) in [4.78, 5) is 14.4. The molecule has 2 N–H and O–H groups in total. The van der Waals surface area contributed by atoms with Crippen molar-refractivity contribution in [3.05, 3.63) is 82.3 Å². The fourth-order valence-electron chi connectivity index (χ4n) is 2.78. The van der Waals surface area contributed by atoms with Crippen molar-refractivity contribution in [1.82, 2.24) is 15.4 Å². The molecule has 1 aromatic carbocycles. The molecule has 3 aromatic heterocycles. The summed E-state index contributed by atoms with van der Waals surface area (Å²) in [6.07, 6.45) is 1.62. The molecule has 7 heteroatoms. The molecule has 4 rings (SSSR count). The maximum absolute atomic E-state index is 9.51. The highest BCUT2D eigenvalue weighted by molar-refractivity contribution is 7.09. The molecular weight excluding hydrogens is 372 g/mol. The summed E-state index contributed by atoms with van der Waals surface area (Å²) >= 11 is 1.62.